The highest BCUT2D eigenvalue weighted by Crippen LogP contribution is 2.07. The lowest BCUT2D eigenvalue weighted by Crippen LogP contribution is -2.56. The molecule has 0 spiro atoms. The predicted octanol–water partition coefficient (Wildman–Crippen LogP) is -4.28. The predicted molar refractivity (Wildman–Crippen MR) is 161 cm³/mol. The van der Waals surface area contributed by atoms with Gasteiger partial charge in [0.15, 0.2) is 11.9 Å². The van der Waals surface area contributed by atoms with Crippen LogP contribution in [0.5, 0.6) is 0 Å². The van der Waals surface area contributed by atoms with E-state index in [1.807, 2.05) is 6.92 Å². The summed E-state index contributed by atoms with van der Waals surface area (Å²) in [5.74, 6) is -4.29. The van der Waals surface area contributed by atoms with Crippen molar-refractivity contribution in [1.29, 1.82) is 0 Å². The van der Waals surface area contributed by atoms with Gasteiger partial charge in [0.25, 0.3) is 0 Å². The fraction of sp³-hybridized carbons (Fsp3) is 0.680. The molecule has 1 unspecified atom stereocenters. The number of nitrogens with two attached hydrogens (primary N) is 5. The van der Waals surface area contributed by atoms with Crippen LogP contribution >= 0.6 is 0 Å². The average Bonchev–Trinajstić information content (AvgIpc) is 2.92. The van der Waals surface area contributed by atoms with Gasteiger partial charge in [-0.1, -0.05) is 20.3 Å². The molecule has 0 aromatic carbocycles. The number of carbonyl (C=O) groups excluding carboxylic acids is 6. The minimum absolute atomic E-state index is 0.0969. The maximum atomic E-state index is 13.0. The van der Waals surface area contributed by atoms with Crippen molar-refractivity contribution in [3.63, 3.8) is 0 Å². The molecule has 0 fully saturated rings. The number of nitrogens with zero attached hydrogens (tertiary/aromatic N) is 2. The van der Waals surface area contributed by atoms with Crippen molar-refractivity contribution in [3.05, 3.63) is 0 Å². The molecule has 18 nitrogen and oxygen atoms in total. The molecule has 18 heteroatoms. The van der Waals surface area contributed by atoms with Crippen LogP contribution in [0.15, 0.2) is 9.98 Å². The number of primary amides is 1. The maximum absolute atomic E-state index is 13.0. The van der Waals surface area contributed by atoms with E-state index in [4.69, 9.17) is 28.7 Å². The van der Waals surface area contributed by atoms with Gasteiger partial charge in [0.05, 0.1) is 6.54 Å². The van der Waals surface area contributed by atoms with Gasteiger partial charge in [-0.2, -0.15) is 0 Å². The van der Waals surface area contributed by atoms with Crippen molar-refractivity contribution in [2.24, 2.45) is 44.6 Å². The quantitative estimate of drug-likeness (QED) is 0.0358. The standard InChI is InChI=1S/C25H48N12O6/c1-5-13(2)19(20(26)40)37-21(41)14(3)34-18(39)12-33-22(42)16(8-6-10-31-24(27)28)36-23(43)17(35-15(4)38)9-7-11-32-25(29)30/h13-14,16-17,19H,5-12H2,1-4H3,(H2,26,40)(H,33,42)(H,34,39)(H,35,38)(H,36,43)(H,37,41)(H4,27,28,31)(H4,29,30,32)/t13-,14-,16?,17-,19-/m0/s1. The number of rotatable bonds is 20. The molecule has 0 radical (unpaired) electrons. The van der Waals surface area contributed by atoms with Gasteiger partial charge in [0.1, 0.15) is 24.2 Å². The lowest BCUT2D eigenvalue weighted by molar-refractivity contribution is -0.133. The molecule has 43 heavy (non-hydrogen) atoms. The van der Waals surface area contributed by atoms with E-state index in [2.05, 4.69) is 36.6 Å². The first-order chi connectivity index (χ1) is 20.1. The zero-order valence-electron chi connectivity index (χ0n) is 25.3. The molecule has 15 N–H and O–H groups in total. The van der Waals surface area contributed by atoms with Gasteiger partial charge in [-0.25, -0.2) is 0 Å². The molecule has 0 aromatic rings. The average molecular weight is 613 g/mol. The van der Waals surface area contributed by atoms with Gasteiger partial charge >= 0.3 is 0 Å². The summed E-state index contributed by atoms with van der Waals surface area (Å²) in [4.78, 5) is 82.0. The molecule has 0 aromatic heterocycles. The number of hydrogen-bond donors (Lipinski definition) is 10. The summed E-state index contributed by atoms with van der Waals surface area (Å²) in [5, 5.41) is 12.5. The second-order valence-electron chi connectivity index (χ2n) is 9.99. The molecular formula is C25H48N12O6. The van der Waals surface area contributed by atoms with Crippen molar-refractivity contribution >= 4 is 47.4 Å². The van der Waals surface area contributed by atoms with Crippen LogP contribution in [0.4, 0.5) is 0 Å². The van der Waals surface area contributed by atoms with E-state index in [9.17, 15) is 28.8 Å². The number of nitrogens with one attached hydrogen (secondary N) is 5. The molecule has 5 atom stereocenters. The van der Waals surface area contributed by atoms with Crippen LogP contribution in [-0.2, 0) is 28.8 Å². The van der Waals surface area contributed by atoms with E-state index in [1.165, 1.54) is 13.8 Å². The first kappa shape index (κ1) is 38.4. The van der Waals surface area contributed by atoms with Crippen LogP contribution < -0.4 is 55.3 Å². The summed E-state index contributed by atoms with van der Waals surface area (Å²) >= 11 is 0. The highest BCUT2D eigenvalue weighted by Gasteiger charge is 2.28. The van der Waals surface area contributed by atoms with E-state index in [0.29, 0.717) is 19.3 Å². The maximum Gasteiger partial charge on any atom is 0.243 e. The molecule has 6 amide bonds. The zero-order valence-corrected chi connectivity index (χ0v) is 25.3. The summed E-state index contributed by atoms with van der Waals surface area (Å²) in [5.41, 5.74) is 26.7. The Morgan fingerprint density at radius 2 is 1.21 bits per heavy atom. The number of amides is 6. The van der Waals surface area contributed by atoms with Crippen LogP contribution in [0, 0.1) is 5.92 Å². The molecule has 0 aliphatic carbocycles. The normalized spacial score (nSPS) is 14.0. The second kappa shape index (κ2) is 20.3. The number of aliphatic imine (C=N–C) groups is 2. The number of carbonyl (C=O) groups is 6. The van der Waals surface area contributed by atoms with Gasteiger partial charge in [-0.15, -0.1) is 0 Å². The summed E-state index contributed by atoms with van der Waals surface area (Å²) in [6.07, 6.45) is 1.53. The van der Waals surface area contributed by atoms with Crippen molar-refractivity contribution in [2.45, 2.75) is 84.0 Å². The Labute approximate surface area is 251 Å². The lowest BCUT2D eigenvalue weighted by Gasteiger charge is -2.24. The number of guanidine groups is 2. The largest absolute Gasteiger partial charge is 0.370 e. The van der Waals surface area contributed by atoms with E-state index in [-0.39, 0.29) is 43.8 Å². The molecule has 0 bridgehead atoms. The van der Waals surface area contributed by atoms with E-state index < -0.39 is 66.2 Å². The Morgan fingerprint density at radius 3 is 1.65 bits per heavy atom. The Balaban J connectivity index is 5.35. The first-order valence-electron chi connectivity index (χ1n) is 13.9. The Hall–Kier alpha value is -4.64. The summed E-state index contributed by atoms with van der Waals surface area (Å²) in [7, 11) is 0. The molecule has 0 aliphatic rings. The lowest BCUT2D eigenvalue weighted by atomic mass is 9.98. The van der Waals surface area contributed by atoms with Gasteiger partial charge in [0, 0.05) is 20.0 Å². The monoisotopic (exact) mass is 612 g/mol. The van der Waals surface area contributed by atoms with Crippen LogP contribution in [0.1, 0.15) is 59.8 Å². The van der Waals surface area contributed by atoms with Crippen molar-refractivity contribution in [3.8, 4) is 0 Å². The van der Waals surface area contributed by atoms with Crippen molar-refractivity contribution in [2.75, 3.05) is 19.6 Å². The molecular weight excluding hydrogens is 564 g/mol. The van der Waals surface area contributed by atoms with Crippen molar-refractivity contribution in [1.82, 2.24) is 26.6 Å². The van der Waals surface area contributed by atoms with Crippen LogP contribution in [0.25, 0.3) is 0 Å². The fourth-order valence-electron chi connectivity index (χ4n) is 3.72. The fourth-order valence-corrected chi connectivity index (χ4v) is 3.72. The summed E-state index contributed by atoms with van der Waals surface area (Å²) in [6, 6.07) is -4.05. The topological polar surface area (TPSA) is 317 Å². The highest BCUT2D eigenvalue weighted by atomic mass is 16.2. The van der Waals surface area contributed by atoms with Gasteiger partial charge in [-0.3, -0.25) is 38.8 Å². The highest BCUT2D eigenvalue weighted by molar-refractivity contribution is 5.95. The van der Waals surface area contributed by atoms with Crippen LogP contribution in [-0.4, -0.2) is 91.2 Å². The molecule has 0 saturated heterocycles. The second-order valence-corrected chi connectivity index (χ2v) is 9.99. The van der Waals surface area contributed by atoms with E-state index in [0.717, 1.165) is 0 Å². The summed E-state index contributed by atoms with van der Waals surface area (Å²) in [6.45, 7) is 6.12. The third kappa shape index (κ3) is 17.0. The van der Waals surface area contributed by atoms with Gasteiger partial charge < -0.3 is 55.3 Å². The summed E-state index contributed by atoms with van der Waals surface area (Å²) < 4.78 is 0. The van der Waals surface area contributed by atoms with Crippen LogP contribution in [0.2, 0.25) is 0 Å². The minimum atomic E-state index is -1.11. The molecule has 0 heterocycles. The smallest absolute Gasteiger partial charge is 0.243 e. The third-order valence-corrected chi connectivity index (χ3v) is 6.23. The third-order valence-electron chi connectivity index (χ3n) is 6.23. The van der Waals surface area contributed by atoms with E-state index in [1.54, 1.807) is 6.92 Å². The molecule has 0 rings (SSSR count). The molecule has 0 saturated carbocycles. The SMILES string of the molecule is CC[C@H](C)[C@H](NC(=O)[C@H](C)NC(=O)CNC(=O)C(CCCN=C(N)N)NC(=O)[C@H](CCCN=C(N)N)NC(C)=O)C(N)=O. The first-order valence-corrected chi connectivity index (χ1v) is 13.9. The molecule has 244 valence electrons. The van der Waals surface area contributed by atoms with E-state index >= 15 is 0 Å². The van der Waals surface area contributed by atoms with Crippen LogP contribution in [0.3, 0.4) is 0 Å². The molecule has 0 aliphatic heterocycles. The Bertz CT molecular complexity index is 1030. The van der Waals surface area contributed by atoms with Gasteiger partial charge in [-0.05, 0) is 38.5 Å². The Kier molecular flexibility index (Phi) is 18.1. The number of hydrogen-bond acceptors (Lipinski definition) is 8. The van der Waals surface area contributed by atoms with Gasteiger partial charge in [0.2, 0.25) is 35.4 Å². The van der Waals surface area contributed by atoms with Crippen molar-refractivity contribution < 1.29 is 28.8 Å². The zero-order chi connectivity index (χ0) is 33.1. The Morgan fingerprint density at radius 1 is 0.698 bits per heavy atom. The minimum Gasteiger partial charge on any atom is -0.370 e.